The van der Waals surface area contributed by atoms with Crippen LogP contribution in [0.5, 0.6) is 0 Å². The predicted molar refractivity (Wildman–Crippen MR) is 81.2 cm³/mol. The van der Waals surface area contributed by atoms with Crippen molar-refractivity contribution in [3.05, 3.63) is 35.9 Å². The first-order valence-corrected chi connectivity index (χ1v) is 7.44. The van der Waals surface area contributed by atoms with E-state index in [1.54, 1.807) is 11.8 Å². The summed E-state index contributed by atoms with van der Waals surface area (Å²) in [6.07, 6.45) is 1.41. The Hall–Kier alpha value is -1.88. The summed E-state index contributed by atoms with van der Waals surface area (Å²) in [5.74, 6) is 0.0377. The Labute approximate surface area is 125 Å². The summed E-state index contributed by atoms with van der Waals surface area (Å²) in [5.41, 5.74) is 6.70. The van der Waals surface area contributed by atoms with Crippen molar-refractivity contribution in [2.75, 3.05) is 13.1 Å². The number of hydrogen-bond acceptors (Lipinski definition) is 3. The zero-order chi connectivity index (χ0) is 15.2. The van der Waals surface area contributed by atoms with E-state index < -0.39 is 6.04 Å². The lowest BCUT2D eigenvalue weighted by molar-refractivity contribution is -0.136. The predicted octanol–water partition coefficient (Wildman–Crippen LogP) is 0.889. The van der Waals surface area contributed by atoms with Crippen molar-refractivity contribution in [2.24, 2.45) is 11.7 Å². The smallest absolute Gasteiger partial charge is 0.239 e. The molecule has 2 amide bonds. The van der Waals surface area contributed by atoms with Crippen LogP contribution in [0.4, 0.5) is 0 Å². The number of amides is 2. The zero-order valence-corrected chi connectivity index (χ0v) is 12.4. The molecule has 0 aliphatic carbocycles. The number of rotatable bonds is 4. The van der Waals surface area contributed by atoms with Crippen LogP contribution >= 0.6 is 0 Å². The van der Waals surface area contributed by atoms with Crippen LogP contribution in [0.3, 0.4) is 0 Å². The maximum atomic E-state index is 12.1. The van der Waals surface area contributed by atoms with E-state index >= 15 is 0 Å². The molecular weight excluding hydrogens is 266 g/mol. The minimum atomic E-state index is -0.464. The Kier molecular flexibility index (Phi) is 5.33. The van der Waals surface area contributed by atoms with Gasteiger partial charge >= 0.3 is 0 Å². The van der Waals surface area contributed by atoms with Crippen LogP contribution in [-0.2, 0) is 16.1 Å². The quantitative estimate of drug-likeness (QED) is 0.864. The fourth-order valence-corrected chi connectivity index (χ4v) is 2.58. The highest BCUT2D eigenvalue weighted by Gasteiger charge is 2.28. The van der Waals surface area contributed by atoms with Gasteiger partial charge in [-0.25, -0.2) is 0 Å². The molecule has 1 fully saturated rings. The number of benzene rings is 1. The van der Waals surface area contributed by atoms with Gasteiger partial charge in [-0.05, 0) is 25.3 Å². The minimum absolute atomic E-state index is 0.00848. The zero-order valence-electron chi connectivity index (χ0n) is 12.4. The van der Waals surface area contributed by atoms with Gasteiger partial charge in [0.15, 0.2) is 0 Å². The molecule has 1 aliphatic rings. The van der Waals surface area contributed by atoms with Crippen molar-refractivity contribution in [1.29, 1.82) is 0 Å². The molecule has 0 spiro atoms. The van der Waals surface area contributed by atoms with Crippen molar-refractivity contribution in [2.45, 2.75) is 32.4 Å². The third-order valence-corrected chi connectivity index (χ3v) is 3.88. The Bertz CT molecular complexity index is 480. The van der Waals surface area contributed by atoms with Gasteiger partial charge < -0.3 is 16.0 Å². The molecule has 1 unspecified atom stereocenters. The molecule has 2 rings (SSSR count). The molecule has 3 N–H and O–H groups in total. The lowest BCUT2D eigenvalue weighted by Gasteiger charge is -2.32. The van der Waals surface area contributed by atoms with Crippen LogP contribution in [0.25, 0.3) is 0 Å². The number of nitrogens with one attached hydrogen (secondary N) is 1. The highest BCUT2D eigenvalue weighted by atomic mass is 16.2. The van der Waals surface area contributed by atoms with Gasteiger partial charge in [-0.3, -0.25) is 9.59 Å². The number of piperidine rings is 1. The average molecular weight is 289 g/mol. The third-order valence-electron chi connectivity index (χ3n) is 3.88. The summed E-state index contributed by atoms with van der Waals surface area (Å²) >= 11 is 0. The average Bonchev–Trinajstić information content (AvgIpc) is 2.53. The molecule has 1 aromatic carbocycles. The molecule has 0 aromatic heterocycles. The van der Waals surface area contributed by atoms with Gasteiger partial charge in [-0.1, -0.05) is 30.3 Å². The van der Waals surface area contributed by atoms with Crippen molar-refractivity contribution in [3.8, 4) is 0 Å². The van der Waals surface area contributed by atoms with E-state index in [0.717, 1.165) is 5.56 Å². The molecular formula is C16H23N3O2. The summed E-state index contributed by atoms with van der Waals surface area (Å²) in [7, 11) is 0. The first-order valence-electron chi connectivity index (χ1n) is 7.44. The fraction of sp³-hybridized carbons (Fsp3) is 0.500. The maximum absolute atomic E-state index is 12.1. The van der Waals surface area contributed by atoms with E-state index in [0.29, 0.717) is 32.5 Å². The molecule has 114 valence electrons. The van der Waals surface area contributed by atoms with Crippen molar-refractivity contribution >= 4 is 11.8 Å². The summed E-state index contributed by atoms with van der Waals surface area (Å²) in [4.78, 5) is 25.7. The summed E-state index contributed by atoms with van der Waals surface area (Å²) < 4.78 is 0. The second-order valence-electron chi connectivity index (χ2n) is 5.59. The molecule has 1 atom stereocenters. The fourth-order valence-electron chi connectivity index (χ4n) is 2.58. The summed E-state index contributed by atoms with van der Waals surface area (Å²) in [6.45, 7) is 3.48. The first kappa shape index (κ1) is 15.5. The third kappa shape index (κ3) is 4.29. The molecule has 0 bridgehead atoms. The van der Waals surface area contributed by atoms with Crippen LogP contribution < -0.4 is 11.1 Å². The summed E-state index contributed by atoms with van der Waals surface area (Å²) in [6, 6.07) is 9.39. The molecule has 0 saturated carbocycles. The van der Waals surface area contributed by atoms with Crippen LogP contribution in [0.1, 0.15) is 25.3 Å². The van der Waals surface area contributed by atoms with E-state index in [1.165, 1.54) is 0 Å². The Morgan fingerprint density at radius 1 is 1.29 bits per heavy atom. The molecule has 1 aliphatic heterocycles. The van der Waals surface area contributed by atoms with Gasteiger partial charge in [0.05, 0.1) is 6.04 Å². The molecule has 5 heteroatoms. The molecule has 1 heterocycles. The van der Waals surface area contributed by atoms with E-state index in [4.69, 9.17) is 5.73 Å². The normalized spacial score (nSPS) is 17.3. The molecule has 5 nitrogen and oxygen atoms in total. The van der Waals surface area contributed by atoms with E-state index in [-0.39, 0.29) is 17.7 Å². The number of likely N-dealkylation sites (tertiary alicyclic amines) is 1. The highest BCUT2D eigenvalue weighted by molar-refractivity contribution is 5.82. The standard InChI is InChI=1S/C16H23N3O2/c1-12(17)16(21)19-9-7-14(8-10-19)15(20)18-11-13-5-3-2-4-6-13/h2-6,12,14H,7-11,17H2,1H3,(H,18,20). The second-order valence-corrected chi connectivity index (χ2v) is 5.59. The lowest BCUT2D eigenvalue weighted by atomic mass is 9.95. The van der Waals surface area contributed by atoms with E-state index in [9.17, 15) is 9.59 Å². The molecule has 0 radical (unpaired) electrons. The Morgan fingerprint density at radius 3 is 2.48 bits per heavy atom. The SMILES string of the molecule is CC(N)C(=O)N1CCC(C(=O)NCc2ccccc2)CC1. The van der Waals surface area contributed by atoms with Crippen LogP contribution in [0, 0.1) is 5.92 Å². The van der Waals surface area contributed by atoms with Gasteiger partial charge in [0, 0.05) is 25.6 Å². The maximum Gasteiger partial charge on any atom is 0.239 e. The number of nitrogens with zero attached hydrogens (tertiary/aromatic N) is 1. The number of carbonyl (C=O) groups is 2. The highest BCUT2D eigenvalue weighted by Crippen LogP contribution is 2.18. The Morgan fingerprint density at radius 2 is 1.90 bits per heavy atom. The lowest BCUT2D eigenvalue weighted by Crippen LogP contribution is -2.47. The van der Waals surface area contributed by atoms with Crippen molar-refractivity contribution in [1.82, 2.24) is 10.2 Å². The monoisotopic (exact) mass is 289 g/mol. The van der Waals surface area contributed by atoms with Gasteiger partial charge in [0.1, 0.15) is 0 Å². The van der Waals surface area contributed by atoms with Crippen LogP contribution in [0.15, 0.2) is 30.3 Å². The van der Waals surface area contributed by atoms with Crippen LogP contribution in [-0.4, -0.2) is 35.8 Å². The first-order chi connectivity index (χ1) is 10.1. The van der Waals surface area contributed by atoms with Crippen LogP contribution in [0.2, 0.25) is 0 Å². The van der Waals surface area contributed by atoms with E-state index in [2.05, 4.69) is 5.32 Å². The topological polar surface area (TPSA) is 75.4 Å². The van der Waals surface area contributed by atoms with Gasteiger partial charge in [0.25, 0.3) is 0 Å². The molecule has 1 aromatic rings. The second kappa shape index (κ2) is 7.22. The number of carbonyl (C=O) groups excluding carboxylic acids is 2. The van der Waals surface area contributed by atoms with Crippen molar-refractivity contribution < 1.29 is 9.59 Å². The number of nitrogens with two attached hydrogens (primary N) is 1. The molecule has 1 saturated heterocycles. The van der Waals surface area contributed by atoms with Gasteiger partial charge in [0.2, 0.25) is 11.8 Å². The number of hydrogen-bond donors (Lipinski definition) is 2. The minimum Gasteiger partial charge on any atom is -0.352 e. The van der Waals surface area contributed by atoms with Gasteiger partial charge in [-0.2, -0.15) is 0 Å². The van der Waals surface area contributed by atoms with Crippen molar-refractivity contribution in [3.63, 3.8) is 0 Å². The molecule has 21 heavy (non-hydrogen) atoms. The Balaban J connectivity index is 1.77. The summed E-state index contributed by atoms with van der Waals surface area (Å²) in [5, 5.41) is 2.97. The van der Waals surface area contributed by atoms with E-state index in [1.807, 2.05) is 30.3 Å². The largest absolute Gasteiger partial charge is 0.352 e. The van der Waals surface area contributed by atoms with Gasteiger partial charge in [-0.15, -0.1) is 0 Å².